The maximum absolute atomic E-state index is 10.3. The van der Waals surface area contributed by atoms with Gasteiger partial charge in [0, 0.05) is 13.2 Å². The summed E-state index contributed by atoms with van der Waals surface area (Å²) in [5, 5.41) is 2.11. The number of nitrogens with one attached hydrogen (secondary N) is 1. The van der Waals surface area contributed by atoms with Crippen LogP contribution in [0.3, 0.4) is 0 Å². The van der Waals surface area contributed by atoms with Gasteiger partial charge in [-0.1, -0.05) is 6.42 Å². The summed E-state index contributed by atoms with van der Waals surface area (Å²) in [6, 6.07) is 1.97. The smallest absolute Gasteiger partial charge is 0.257 e. The summed E-state index contributed by atoms with van der Waals surface area (Å²) in [7, 11) is 1.43. The van der Waals surface area contributed by atoms with Crippen molar-refractivity contribution in [3.63, 3.8) is 0 Å². The molecule has 3 nitrogen and oxygen atoms in total. The van der Waals surface area contributed by atoms with Gasteiger partial charge in [-0.25, -0.2) is 0 Å². The normalized spacial score (nSPS) is 7.50. The van der Waals surface area contributed by atoms with E-state index in [0.717, 1.165) is 0 Å². The predicted molar refractivity (Wildman–Crippen MR) is 28.9 cm³/mol. The quantitative estimate of drug-likeness (QED) is 0.381. The highest BCUT2D eigenvalue weighted by Crippen LogP contribution is 1.64. The van der Waals surface area contributed by atoms with Crippen molar-refractivity contribution in [1.29, 1.82) is 0 Å². The standard InChI is InChI=1S/C5H7NO2/c1-3-6-5(7)4-8-2/h1H,4H2,2H3,(H,6,7). The second-order valence-electron chi connectivity index (χ2n) is 1.13. The third-order valence-corrected chi connectivity index (χ3v) is 0.487. The Hall–Kier alpha value is -1.01. The maximum atomic E-state index is 10.3. The Morgan fingerprint density at radius 1 is 2.00 bits per heavy atom. The second kappa shape index (κ2) is 4.16. The van der Waals surface area contributed by atoms with Crippen LogP contribution >= 0.6 is 0 Å². The molecule has 0 fully saturated rings. The van der Waals surface area contributed by atoms with Crippen LogP contribution < -0.4 is 5.32 Å². The van der Waals surface area contributed by atoms with Gasteiger partial charge in [-0.2, -0.15) is 0 Å². The molecule has 8 heavy (non-hydrogen) atoms. The predicted octanol–water partition coefficient (Wildman–Crippen LogP) is -0.660. The molecular weight excluding hydrogens is 106 g/mol. The molecule has 1 amide bonds. The first kappa shape index (κ1) is 6.99. The van der Waals surface area contributed by atoms with Crippen LogP contribution in [0.1, 0.15) is 0 Å². The van der Waals surface area contributed by atoms with Crippen molar-refractivity contribution in [2.24, 2.45) is 0 Å². The average Bonchev–Trinajstić information content (AvgIpc) is 1.68. The molecule has 1 N–H and O–H groups in total. The van der Waals surface area contributed by atoms with Gasteiger partial charge in [0.2, 0.25) is 0 Å². The van der Waals surface area contributed by atoms with Gasteiger partial charge in [0.15, 0.2) is 0 Å². The molecule has 0 aromatic heterocycles. The largest absolute Gasteiger partial charge is 0.375 e. The molecule has 3 heteroatoms. The van der Waals surface area contributed by atoms with Crippen molar-refractivity contribution in [3.8, 4) is 12.5 Å². The Morgan fingerprint density at radius 2 is 2.62 bits per heavy atom. The molecule has 0 aromatic carbocycles. The lowest BCUT2D eigenvalue weighted by atomic mass is 10.6. The van der Waals surface area contributed by atoms with Gasteiger partial charge in [0.25, 0.3) is 5.91 Å². The third kappa shape index (κ3) is 3.19. The van der Waals surface area contributed by atoms with E-state index in [1.165, 1.54) is 7.11 Å². The molecule has 0 bridgehead atoms. The number of rotatable bonds is 2. The summed E-state index contributed by atoms with van der Waals surface area (Å²) in [4.78, 5) is 10.3. The number of methoxy groups -OCH3 is 1. The highest BCUT2D eigenvalue weighted by molar-refractivity contribution is 5.78. The molecule has 0 spiro atoms. The van der Waals surface area contributed by atoms with Crippen LogP contribution in [0.5, 0.6) is 0 Å². The Kier molecular flexibility index (Phi) is 3.63. The Morgan fingerprint density at radius 3 is 3.00 bits per heavy atom. The molecule has 0 atom stereocenters. The molecule has 0 radical (unpaired) electrons. The van der Waals surface area contributed by atoms with E-state index in [4.69, 9.17) is 6.42 Å². The highest BCUT2D eigenvalue weighted by atomic mass is 16.5. The van der Waals surface area contributed by atoms with Crippen LogP contribution in [0, 0.1) is 12.5 Å². The topological polar surface area (TPSA) is 38.3 Å². The number of hydrogen-bond acceptors (Lipinski definition) is 2. The maximum Gasteiger partial charge on any atom is 0.257 e. The zero-order valence-corrected chi connectivity index (χ0v) is 4.60. The van der Waals surface area contributed by atoms with E-state index < -0.39 is 0 Å². The van der Waals surface area contributed by atoms with E-state index in [2.05, 4.69) is 10.1 Å². The summed E-state index contributed by atoms with van der Waals surface area (Å²) in [5.74, 6) is -0.296. The Labute approximate surface area is 48.0 Å². The van der Waals surface area contributed by atoms with Crippen LogP contribution in [0.25, 0.3) is 0 Å². The lowest BCUT2D eigenvalue weighted by Gasteiger charge is -1.92. The molecule has 0 saturated heterocycles. The van der Waals surface area contributed by atoms with Gasteiger partial charge >= 0.3 is 0 Å². The third-order valence-electron chi connectivity index (χ3n) is 0.487. The van der Waals surface area contributed by atoms with Crippen molar-refractivity contribution in [2.75, 3.05) is 13.7 Å². The highest BCUT2D eigenvalue weighted by Gasteiger charge is 1.92. The lowest BCUT2D eigenvalue weighted by Crippen LogP contribution is -2.21. The van der Waals surface area contributed by atoms with Gasteiger partial charge in [-0.05, 0) is 0 Å². The fraction of sp³-hybridized carbons (Fsp3) is 0.400. The zero-order chi connectivity index (χ0) is 6.41. The molecular formula is C5H7NO2. The monoisotopic (exact) mass is 113 g/mol. The van der Waals surface area contributed by atoms with Gasteiger partial charge in [0.05, 0.1) is 0 Å². The van der Waals surface area contributed by atoms with Crippen LogP contribution in [0.15, 0.2) is 0 Å². The number of amides is 1. The van der Waals surface area contributed by atoms with Crippen LogP contribution in [-0.4, -0.2) is 19.6 Å². The molecule has 0 aliphatic carbocycles. The minimum Gasteiger partial charge on any atom is -0.375 e. The number of terminal acetylenes is 1. The fourth-order valence-electron chi connectivity index (χ4n) is 0.248. The number of carbonyl (C=O) groups excluding carboxylic acids is 1. The first-order chi connectivity index (χ1) is 3.81. The minimum atomic E-state index is -0.296. The first-order valence-electron chi connectivity index (χ1n) is 2.04. The summed E-state index contributed by atoms with van der Waals surface area (Å²) < 4.78 is 4.45. The summed E-state index contributed by atoms with van der Waals surface area (Å²) in [6.07, 6.45) is 4.72. The fourth-order valence-corrected chi connectivity index (χ4v) is 0.248. The molecule has 44 valence electrons. The van der Waals surface area contributed by atoms with Crippen molar-refractivity contribution < 1.29 is 9.53 Å². The van der Waals surface area contributed by atoms with Crippen LogP contribution in [0.4, 0.5) is 0 Å². The van der Waals surface area contributed by atoms with Crippen molar-refractivity contribution in [3.05, 3.63) is 0 Å². The van der Waals surface area contributed by atoms with Crippen LogP contribution in [-0.2, 0) is 9.53 Å². The molecule has 0 rings (SSSR count). The molecule has 0 aromatic rings. The lowest BCUT2D eigenvalue weighted by molar-refractivity contribution is -0.123. The minimum absolute atomic E-state index is 0.0181. The number of hydrogen-bond donors (Lipinski definition) is 1. The average molecular weight is 113 g/mol. The van der Waals surface area contributed by atoms with E-state index in [9.17, 15) is 4.79 Å². The molecule has 0 heterocycles. The Balaban J connectivity index is 3.23. The van der Waals surface area contributed by atoms with Gasteiger partial charge in [0.1, 0.15) is 6.61 Å². The molecule has 0 saturated carbocycles. The van der Waals surface area contributed by atoms with Crippen molar-refractivity contribution in [2.45, 2.75) is 0 Å². The number of carbonyl (C=O) groups is 1. The van der Waals surface area contributed by atoms with E-state index in [-0.39, 0.29) is 12.5 Å². The zero-order valence-electron chi connectivity index (χ0n) is 4.60. The van der Waals surface area contributed by atoms with Gasteiger partial charge in [-0.3, -0.25) is 10.1 Å². The van der Waals surface area contributed by atoms with Crippen molar-refractivity contribution in [1.82, 2.24) is 5.32 Å². The van der Waals surface area contributed by atoms with Crippen LogP contribution in [0.2, 0.25) is 0 Å². The SMILES string of the molecule is C#CNC(=O)COC. The van der Waals surface area contributed by atoms with E-state index in [1.807, 2.05) is 6.04 Å². The molecule has 0 aliphatic heterocycles. The summed E-state index contributed by atoms with van der Waals surface area (Å²) >= 11 is 0. The molecule has 0 aliphatic rings. The van der Waals surface area contributed by atoms with E-state index in [0.29, 0.717) is 0 Å². The van der Waals surface area contributed by atoms with Crippen molar-refractivity contribution >= 4 is 5.91 Å². The summed E-state index contributed by atoms with van der Waals surface area (Å²) in [6.45, 7) is 0.0181. The molecule has 0 unspecified atom stereocenters. The number of ether oxygens (including phenoxy) is 1. The second-order valence-corrected chi connectivity index (χ2v) is 1.13. The summed E-state index contributed by atoms with van der Waals surface area (Å²) in [5.41, 5.74) is 0. The van der Waals surface area contributed by atoms with Gasteiger partial charge in [-0.15, -0.1) is 0 Å². The van der Waals surface area contributed by atoms with E-state index in [1.54, 1.807) is 0 Å². The van der Waals surface area contributed by atoms with E-state index >= 15 is 0 Å². The Bertz CT molecular complexity index is 114. The van der Waals surface area contributed by atoms with Gasteiger partial charge < -0.3 is 4.74 Å². The first-order valence-corrected chi connectivity index (χ1v) is 2.04.